The van der Waals surface area contributed by atoms with Crippen LogP contribution in [-0.2, 0) is 4.74 Å². The molecule has 0 saturated carbocycles. The second-order valence-electron chi connectivity index (χ2n) is 6.54. The van der Waals surface area contributed by atoms with Crippen LogP contribution in [-0.4, -0.2) is 66.1 Å². The number of likely N-dealkylation sites (tertiary alicyclic amines) is 1. The van der Waals surface area contributed by atoms with Gasteiger partial charge in [-0.1, -0.05) is 19.9 Å². The molecule has 0 aromatic carbocycles. The molecule has 5 nitrogen and oxygen atoms in total. The molecule has 0 bridgehead atoms. The number of pyridine rings is 1. The molecule has 0 spiro atoms. The second kappa shape index (κ2) is 7.41. The zero-order chi connectivity index (χ0) is 16.2. The number of aromatic nitrogens is 1. The molecule has 0 radical (unpaired) electrons. The molecule has 3 atom stereocenters. The van der Waals surface area contributed by atoms with Gasteiger partial charge in [0.15, 0.2) is 0 Å². The summed E-state index contributed by atoms with van der Waals surface area (Å²) >= 11 is 0. The van der Waals surface area contributed by atoms with Gasteiger partial charge in [0.2, 0.25) is 0 Å². The molecule has 3 heterocycles. The van der Waals surface area contributed by atoms with Crippen LogP contribution in [0.2, 0.25) is 0 Å². The monoisotopic (exact) mass is 317 g/mol. The number of carbonyl (C=O) groups is 1. The third-order valence-electron chi connectivity index (χ3n) is 5.31. The Balaban J connectivity index is 1.66. The van der Waals surface area contributed by atoms with E-state index in [1.54, 1.807) is 12.3 Å². The molecule has 23 heavy (non-hydrogen) atoms. The predicted octanol–water partition coefficient (Wildman–Crippen LogP) is 1.90. The van der Waals surface area contributed by atoms with Crippen LogP contribution >= 0.6 is 0 Å². The van der Waals surface area contributed by atoms with Gasteiger partial charge < -0.3 is 14.5 Å². The predicted molar refractivity (Wildman–Crippen MR) is 89.3 cm³/mol. The number of likely N-dealkylation sites (N-methyl/N-ethyl adjacent to an activating group) is 1. The van der Waals surface area contributed by atoms with Crippen molar-refractivity contribution < 1.29 is 9.53 Å². The van der Waals surface area contributed by atoms with Gasteiger partial charge in [0, 0.05) is 31.7 Å². The number of hydrogen-bond acceptors (Lipinski definition) is 4. The van der Waals surface area contributed by atoms with Gasteiger partial charge in [0.1, 0.15) is 5.69 Å². The lowest BCUT2D eigenvalue weighted by Crippen LogP contribution is -2.47. The topological polar surface area (TPSA) is 45.7 Å². The summed E-state index contributed by atoms with van der Waals surface area (Å²) in [6.45, 7) is 9.90. The Hall–Kier alpha value is -1.46. The number of nitrogens with zero attached hydrogens (tertiary/aromatic N) is 3. The summed E-state index contributed by atoms with van der Waals surface area (Å²) < 4.78 is 6.07. The molecular formula is C18H27N3O2. The smallest absolute Gasteiger partial charge is 0.272 e. The van der Waals surface area contributed by atoms with Crippen molar-refractivity contribution in [2.45, 2.75) is 26.4 Å². The van der Waals surface area contributed by atoms with Gasteiger partial charge in [0.25, 0.3) is 5.91 Å². The van der Waals surface area contributed by atoms with E-state index in [0.29, 0.717) is 17.5 Å². The lowest BCUT2D eigenvalue weighted by atomic mass is 9.84. The van der Waals surface area contributed by atoms with Crippen LogP contribution in [0.1, 0.15) is 30.8 Å². The molecule has 2 fully saturated rings. The average Bonchev–Trinajstić information content (AvgIpc) is 3.01. The van der Waals surface area contributed by atoms with E-state index in [4.69, 9.17) is 4.74 Å². The number of rotatable bonds is 5. The Morgan fingerprint density at radius 1 is 1.39 bits per heavy atom. The van der Waals surface area contributed by atoms with Crippen LogP contribution in [0.25, 0.3) is 0 Å². The molecule has 0 aliphatic carbocycles. The number of piperidine rings is 1. The molecule has 5 heteroatoms. The highest BCUT2D eigenvalue weighted by molar-refractivity contribution is 5.92. The van der Waals surface area contributed by atoms with E-state index in [1.807, 2.05) is 17.0 Å². The van der Waals surface area contributed by atoms with E-state index in [0.717, 1.165) is 45.8 Å². The maximum atomic E-state index is 12.6. The van der Waals surface area contributed by atoms with Crippen LogP contribution in [0, 0.1) is 11.8 Å². The number of amides is 1. The van der Waals surface area contributed by atoms with E-state index in [9.17, 15) is 4.79 Å². The fourth-order valence-electron chi connectivity index (χ4n) is 3.79. The van der Waals surface area contributed by atoms with E-state index in [2.05, 4.69) is 23.7 Å². The Morgan fingerprint density at radius 2 is 2.22 bits per heavy atom. The number of ether oxygens (including phenoxy) is 1. The van der Waals surface area contributed by atoms with Crippen molar-refractivity contribution in [1.82, 2.24) is 14.8 Å². The molecule has 0 N–H and O–H groups in total. The highest BCUT2D eigenvalue weighted by Gasteiger charge is 2.42. The van der Waals surface area contributed by atoms with Crippen molar-refractivity contribution in [3.63, 3.8) is 0 Å². The summed E-state index contributed by atoms with van der Waals surface area (Å²) in [5, 5.41) is 0. The van der Waals surface area contributed by atoms with Crippen LogP contribution < -0.4 is 0 Å². The van der Waals surface area contributed by atoms with Crippen molar-refractivity contribution in [3.05, 3.63) is 30.1 Å². The van der Waals surface area contributed by atoms with Gasteiger partial charge in [-0.05, 0) is 37.6 Å². The minimum Gasteiger partial charge on any atom is -0.376 e. The van der Waals surface area contributed by atoms with Gasteiger partial charge in [-0.2, -0.15) is 0 Å². The Bertz CT molecular complexity index is 518. The van der Waals surface area contributed by atoms with Gasteiger partial charge in [0.05, 0.1) is 12.7 Å². The zero-order valence-electron chi connectivity index (χ0n) is 14.1. The summed E-state index contributed by atoms with van der Waals surface area (Å²) in [4.78, 5) is 21.2. The Labute approximate surface area is 138 Å². The van der Waals surface area contributed by atoms with Crippen molar-refractivity contribution in [1.29, 1.82) is 0 Å². The Morgan fingerprint density at radius 3 is 2.91 bits per heavy atom. The maximum absolute atomic E-state index is 12.6. The Kier molecular flexibility index (Phi) is 5.28. The lowest BCUT2D eigenvalue weighted by Gasteiger charge is -2.36. The van der Waals surface area contributed by atoms with Crippen LogP contribution in [0.5, 0.6) is 0 Å². The standard InChI is InChI=1S/C18H27N3O2/c1-3-20(4-2)12-17-15-11-21(10-8-14(15)13-23-17)18(22)16-7-5-6-9-19-16/h5-7,9,14-15,17H,3-4,8,10-13H2,1-2H3/t14-,15-,17-/m0/s1. The first-order valence-corrected chi connectivity index (χ1v) is 8.77. The summed E-state index contributed by atoms with van der Waals surface area (Å²) in [5.41, 5.74) is 0.546. The van der Waals surface area contributed by atoms with Crippen molar-refractivity contribution in [2.75, 3.05) is 39.3 Å². The summed E-state index contributed by atoms with van der Waals surface area (Å²) in [7, 11) is 0. The molecular weight excluding hydrogens is 290 g/mol. The first-order chi connectivity index (χ1) is 11.2. The minimum absolute atomic E-state index is 0.0533. The van der Waals surface area contributed by atoms with E-state index in [1.165, 1.54) is 0 Å². The summed E-state index contributed by atoms with van der Waals surface area (Å²) in [6.07, 6.45) is 2.97. The SMILES string of the molecule is CCN(CC)C[C@@H]1OC[C@@H]2CCN(C(=O)c3ccccn3)C[C@@H]21. The van der Waals surface area contributed by atoms with Gasteiger partial charge in [-0.25, -0.2) is 0 Å². The van der Waals surface area contributed by atoms with Gasteiger partial charge >= 0.3 is 0 Å². The summed E-state index contributed by atoms with van der Waals surface area (Å²) in [5.74, 6) is 1.11. The van der Waals surface area contributed by atoms with Crippen molar-refractivity contribution in [2.24, 2.45) is 11.8 Å². The number of hydrogen-bond donors (Lipinski definition) is 0. The third-order valence-corrected chi connectivity index (χ3v) is 5.31. The minimum atomic E-state index is 0.0533. The molecule has 2 aliphatic heterocycles. The normalized spacial score (nSPS) is 27.3. The molecule has 0 unspecified atom stereocenters. The lowest BCUT2D eigenvalue weighted by molar-refractivity contribution is 0.0411. The quantitative estimate of drug-likeness (QED) is 0.832. The van der Waals surface area contributed by atoms with Crippen molar-refractivity contribution >= 4 is 5.91 Å². The molecule has 2 aliphatic rings. The number of fused-ring (bicyclic) bond motifs is 1. The van der Waals surface area contributed by atoms with E-state index in [-0.39, 0.29) is 12.0 Å². The van der Waals surface area contributed by atoms with Crippen LogP contribution in [0.4, 0.5) is 0 Å². The third kappa shape index (κ3) is 3.56. The highest BCUT2D eigenvalue weighted by Crippen LogP contribution is 2.35. The average molecular weight is 317 g/mol. The van der Waals surface area contributed by atoms with Gasteiger partial charge in [-0.3, -0.25) is 9.78 Å². The highest BCUT2D eigenvalue weighted by atomic mass is 16.5. The van der Waals surface area contributed by atoms with E-state index < -0.39 is 0 Å². The number of carbonyl (C=O) groups excluding carboxylic acids is 1. The molecule has 1 aromatic rings. The molecule has 1 amide bonds. The van der Waals surface area contributed by atoms with Crippen molar-refractivity contribution in [3.8, 4) is 0 Å². The van der Waals surface area contributed by atoms with Crippen LogP contribution in [0.3, 0.4) is 0 Å². The second-order valence-corrected chi connectivity index (χ2v) is 6.54. The molecule has 126 valence electrons. The zero-order valence-corrected chi connectivity index (χ0v) is 14.1. The molecule has 3 rings (SSSR count). The van der Waals surface area contributed by atoms with E-state index >= 15 is 0 Å². The fraction of sp³-hybridized carbons (Fsp3) is 0.667. The summed E-state index contributed by atoms with van der Waals surface area (Å²) in [6, 6.07) is 5.51. The van der Waals surface area contributed by atoms with Crippen LogP contribution in [0.15, 0.2) is 24.4 Å². The fourth-order valence-corrected chi connectivity index (χ4v) is 3.79. The first kappa shape index (κ1) is 16.4. The largest absolute Gasteiger partial charge is 0.376 e. The van der Waals surface area contributed by atoms with Gasteiger partial charge in [-0.15, -0.1) is 0 Å². The molecule has 1 aromatic heterocycles. The first-order valence-electron chi connectivity index (χ1n) is 8.77. The molecule has 2 saturated heterocycles. The maximum Gasteiger partial charge on any atom is 0.272 e.